The standard InChI is InChI=1S/C33H52O4/c1-3-5-7-9-10-11-12-13-14-15-16-17-18-20-26-30-33(36)37-31(27-23-19-8-6-4-2)28-24-21-22-25-29-32(34)35/h5,7,10-11,13-14,16-17,20,23,26-27,31H,3-4,6,8-9,12,15,18-19,21-22,24-25,28-30H2,1-2H3,(H,34,35)/b7-5-,11-10-,14-13-,17-16-,26-20-,27-23-. The Kier molecular flexibility index (Phi) is 26.0. The van der Waals surface area contributed by atoms with Gasteiger partial charge in [0.1, 0.15) is 6.10 Å². The molecule has 0 fully saturated rings. The van der Waals surface area contributed by atoms with E-state index in [-0.39, 0.29) is 24.9 Å². The SMILES string of the molecule is CC/C=C\C/C=C\C/C=C\C/C=C\C/C=C\CC(=O)OC(/C=C\CCCCC)CCCCCCC(=O)O. The normalized spacial score (nSPS) is 13.4. The number of ether oxygens (including phenoxy) is 1. The fourth-order valence-electron chi connectivity index (χ4n) is 3.58. The van der Waals surface area contributed by atoms with Crippen molar-refractivity contribution in [3.05, 3.63) is 72.9 Å². The second-order valence-electron chi connectivity index (χ2n) is 9.21. The molecule has 0 spiro atoms. The van der Waals surface area contributed by atoms with E-state index >= 15 is 0 Å². The van der Waals surface area contributed by atoms with E-state index in [9.17, 15) is 9.59 Å². The summed E-state index contributed by atoms with van der Waals surface area (Å²) in [5, 5.41) is 8.74. The Hall–Kier alpha value is -2.62. The van der Waals surface area contributed by atoms with Crippen LogP contribution in [0.1, 0.15) is 117 Å². The Morgan fingerprint density at radius 3 is 1.81 bits per heavy atom. The van der Waals surface area contributed by atoms with Crippen molar-refractivity contribution >= 4 is 11.9 Å². The highest BCUT2D eigenvalue weighted by molar-refractivity contribution is 5.71. The Bertz CT molecular complexity index is 725. The third-order valence-electron chi connectivity index (χ3n) is 5.68. The summed E-state index contributed by atoms with van der Waals surface area (Å²) in [5.74, 6) is -0.938. The Morgan fingerprint density at radius 1 is 0.676 bits per heavy atom. The maximum absolute atomic E-state index is 12.3. The minimum atomic E-state index is -0.739. The zero-order chi connectivity index (χ0) is 27.2. The summed E-state index contributed by atoms with van der Waals surface area (Å²) in [5.41, 5.74) is 0. The molecule has 0 aliphatic rings. The van der Waals surface area contributed by atoms with Gasteiger partial charge in [-0.15, -0.1) is 0 Å². The summed E-state index contributed by atoms with van der Waals surface area (Å²) in [4.78, 5) is 22.9. The maximum atomic E-state index is 12.3. The van der Waals surface area contributed by atoms with E-state index in [4.69, 9.17) is 9.84 Å². The van der Waals surface area contributed by atoms with Crippen molar-refractivity contribution in [3.63, 3.8) is 0 Å². The first kappa shape index (κ1) is 34.4. The molecule has 0 aliphatic carbocycles. The molecule has 0 aliphatic heterocycles. The Labute approximate surface area is 227 Å². The van der Waals surface area contributed by atoms with Crippen LogP contribution < -0.4 is 0 Å². The molecule has 0 rings (SSSR count). The summed E-state index contributed by atoms with van der Waals surface area (Å²) in [6, 6.07) is 0. The minimum Gasteiger partial charge on any atom is -0.481 e. The first-order valence-corrected chi connectivity index (χ1v) is 14.4. The minimum absolute atomic E-state index is 0.198. The number of carbonyl (C=O) groups excluding carboxylic acids is 1. The molecule has 0 amide bonds. The lowest BCUT2D eigenvalue weighted by Gasteiger charge is -2.14. The van der Waals surface area contributed by atoms with Crippen LogP contribution in [0, 0.1) is 0 Å². The molecular formula is C33H52O4. The van der Waals surface area contributed by atoms with Crippen LogP contribution in [-0.4, -0.2) is 23.1 Å². The number of hydrogen-bond acceptors (Lipinski definition) is 3. The van der Waals surface area contributed by atoms with Gasteiger partial charge in [-0.2, -0.15) is 0 Å². The van der Waals surface area contributed by atoms with Crippen LogP contribution in [0.3, 0.4) is 0 Å². The predicted octanol–water partition coefficient (Wildman–Crippen LogP) is 9.60. The van der Waals surface area contributed by atoms with Crippen LogP contribution in [-0.2, 0) is 14.3 Å². The molecule has 1 atom stereocenters. The van der Waals surface area contributed by atoms with Gasteiger partial charge in [-0.05, 0) is 70.3 Å². The first-order chi connectivity index (χ1) is 18.1. The van der Waals surface area contributed by atoms with E-state index in [0.29, 0.717) is 6.42 Å². The fourth-order valence-corrected chi connectivity index (χ4v) is 3.58. The van der Waals surface area contributed by atoms with Gasteiger partial charge < -0.3 is 9.84 Å². The van der Waals surface area contributed by atoms with E-state index in [2.05, 4.69) is 68.5 Å². The summed E-state index contributed by atoms with van der Waals surface area (Å²) in [7, 11) is 0. The average Bonchev–Trinajstić information content (AvgIpc) is 2.87. The summed E-state index contributed by atoms with van der Waals surface area (Å²) < 4.78 is 5.71. The zero-order valence-corrected chi connectivity index (χ0v) is 23.5. The molecule has 0 saturated carbocycles. The lowest BCUT2D eigenvalue weighted by molar-refractivity contribution is -0.146. The monoisotopic (exact) mass is 512 g/mol. The predicted molar refractivity (Wildman–Crippen MR) is 158 cm³/mol. The third kappa shape index (κ3) is 27.8. The molecule has 1 unspecified atom stereocenters. The number of carboxylic acids is 1. The van der Waals surface area contributed by atoms with Gasteiger partial charge in [0, 0.05) is 6.42 Å². The number of esters is 1. The van der Waals surface area contributed by atoms with Gasteiger partial charge in [-0.3, -0.25) is 9.59 Å². The van der Waals surface area contributed by atoms with Crippen LogP contribution in [0.2, 0.25) is 0 Å². The average molecular weight is 513 g/mol. The number of allylic oxidation sites excluding steroid dienone is 10. The lowest BCUT2D eigenvalue weighted by atomic mass is 10.1. The van der Waals surface area contributed by atoms with Crippen LogP contribution >= 0.6 is 0 Å². The molecule has 0 bridgehead atoms. The second-order valence-corrected chi connectivity index (χ2v) is 9.21. The highest BCUT2D eigenvalue weighted by Gasteiger charge is 2.10. The molecule has 0 aromatic carbocycles. The fraction of sp³-hybridized carbons (Fsp3) is 0.576. The van der Waals surface area contributed by atoms with Crippen LogP contribution in [0.5, 0.6) is 0 Å². The molecule has 0 saturated heterocycles. The van der Waals surface area contributed by atoms with Crippen molar-refractivity contribution in [2.24, 2.45) is 0 Å². The summed E-state index contributed by atoms with van der Waals surface area (Å²) in [6.45, 7) is 4.33. The van der Waals surface area contributed by atoms with Crippen LogP contribution in [0.25, 0.3) is 0 Å². The van der Waals surface area contributed by atoms with E-state index in [1.807, 2.05) is 18.2 Å². The molecule has 0 radical (unpaired) electrons. The van der Waals surface area contributed by atoms with Crippen molar-refractivity contribution in [2.75, 3.05) is 0 Å². The number of unbranched alkanes of at least 4 members (excludes halogenated alkanes) is 6. The van der Waals surface area contributed by atoms with Crippen LogP contribution in [0.15, 0.2) is 72.9 Å². The molecular weight excluding hydrogens is 460 g/mol. The van der Waals surface area contributed by atoms with Gasteiger partial charge in [0.25, 0.3) is 0 Å². The third-order valence-corrected chi connectivity index (χ3v) is 5.68. The van der Waals surface area contributed by atoms with Crippen molar-refractivity contribution in [2.45, 2.75) is 123 Å². The van der Waals surface area contributed by atoms with Gasteiger partial charge in [0.05, 0.1) is 6.42 Å². The molecule has 0 aromatic heterocycles. The number of carbonyl (C=O) groups is 2. The maximum Gasteiger partial charge on any atom is 0.310 e. The summed E-state index contributed by atoms with van der Waals surface area (Å²) >= 11 is 0. The van der Waals surface area contributed by atoms with Gasteiger partial charge in [-0.25, -0.2) is 0 Å². The topological polar surface area (TPSA) is 63.6 Å². The number of rotatable bonds is 24. The highest BCUT2D eigenvalue weighted by atomic mass is 16.5. The number of carboxylic acid groups (broad SMARTS) is 1. The quantitative estimate of drug-likeness (QED) is 0.0794. The number of aliphatic carboxylic acids is 1. The highest BCUT2D eigenvalue weighted by Crippen LogP contribution is 2.13. The van der Waals surface area contributed by atoms with Crippen molar-refractivity contribution in [3.8, 4) is 0 Å². The molecule has 4 heteroatoms. The van der Waals surface area contributed by atoms with Gasteiger partial charge in [0.15, 0.2) is 0 Å². The zero-order valence-electron chi connectivity index (χ0n) is 23.5. The van der Waals surface area contributed by atoms with E-state index in [1.54, 1.807) is 0 Å². The van der Waals surface area contributed by atoms with Crippen molar-refractivity contribution in [1.29, 1.82) is 0 Å². The van der Waals surface area contributed by atoms with Gasteiger partial charge in [0.2, 0.25) is 0 Å². The molecule has 1 N–H and O–H groups in total. The van der Waals surface area contributed by atoms with Gasteiger partial charge in [-0.1, -0.05) is 106 Å². The van der Waals surface area contributed by atoms with E-state index in [1.165, 1.54) is 12.8 Å². The van der Waals surface area contributed by atoms with Crippen molar-refractivity contribution in [1.82, 2.24) is 0 Å². The largest absolute Gasteiger partial charge is 0.481 e. The van der Waals surface area contributed by atoms with Crippen molar-refractivity contribution < 1.29 is 19.4 Å². The lowest BCUT2D eigenvalue weighted by Crippen LogP contribution is -2.15. The molecule has 0 heterocycles. The van der Waals surface area contributed by atoms with Crippen LogP contribution in [0.4, 0.5) is 0 Å². The molecule has 37 heavy (non-hydrogen) atoms. The Morgan fingerprint density at radius 2 is 1.24 bits per heavy atom. The molecule has 208 valence electrons. The number of hydrogen-bond donors (Lipinski definition) is 1. The molecule has 4 nitrogen and oxygen atoms in total. The van der Waals surface area contributed by atoms with E-state index < -0.39 is 5.97 Å². The Balaban J connectivity index is 4.20. The first-order valence-electron chi connectivity index (χ1n) is 14.4. The second kappa shape index (κ2) is 28.0. The summed E-state index contributed by atoms with van der Waals surface area (Å²) in [6.07, 6.45) is 39.4. The van der Waals surface area contributed by atoms with E-state index in [0.717, 1.165) is 70.6 Å². The molecule has 0 aromatic rings. The smallest absolute Gasteiger partial charge is 0.310 e. The van der Waals surface area contributed by atoms with Gasteiger partial charge >= 0.3 is 11.9 Å².